The van der Waals surface area contributed by atoms with Crippen molar-refractivity contribution in [3.05, 3.63) is 23.3 Å². The van der Waals surface area contributed by atoms with Gasteiger partial charge >= 0.3 is 0 Å². The molecule has 0 N–H and O–H groups in total. The molecule has 0 fully saturated rings. The smallest absolute Gasteiger partial charge is 0.0137 e. The number of fused-ring (bicyclic) bond motifs is 1. The van der Waals surface area contributed by atoms with Gasteiger partial charge in [0, 0.05) is 0 Å². The van der Waals surface area contributed by atoms with E-state index in [4.69, 9.17) is 0 Å². The maximum absolute atomic E-state index is 2.51. The number of hydrogen-bond acceptors (Lipinski definition) is 0. The van der Waals surface area contributed by atoms with E-state index in [2.05, 4.69) is 46.8 Å². The Hall–Kier alpha value is -0.520. The van der Waals surface area contributed by atoms with Crippen LogP contribution in [0.1, 0.15) is 53.9 Å². The molecule has 0 aliphatic heterocycles. The SMILES string of the molecule is CC1=CCC2C(C)=CCC(C(C)(C)C)C2C1. The molecule has 16 heavy (non-hydrogen) atoms. The van der Waals surface area contributed by atoms with Crippen LogP contribution >= 0.6 is 0 Å². The first kappa shape index (κ1) is 12.0. The van der Waals surface area contributed by atoms with Crippen molar-refractivity contribution in [1.82, 2.24) is 0 Å². The summed E-state index contributed by atoms with van der Waals surface area (Å²) >= 11 is 0. The van der Waals surface area contributed by atoms with Gasteiger partial charge in [-0.1, -0.05) is 44.1 Å². The first-order valence-corrected chi connectivity index (χ1v) is 6.72. The van der Waals surface area contributed by atoms with Crippen LogP contribution in [0.3, 0.4) is 0 Å². The molecule has 0 spiro atoms. The van der Waals surface area contributed by atoms with E-state index in [-0.39, 0.29) is 0 Å². The Balaban J connectivity index is 2.29. The van der Waals surface area contributed by atoms with Gasteiger partial charge in [0.15, 0.2) is 0 Å². The monoisotopic (exact) mass is 218 g/mol. The lowest BCUT2D eigenvalue weighted by Gasteiger charge is -2.46. The molecule has 0 nitrogen and oxygen atoms in total. The Labute approximate surface area is 101 Å². The second kappa shape index (κ2) is 4.05. The molecular formula is C16H26. The highest BCUT2D eigenvalue weighted by atomic mass is 14.4. The van der Waals surface area contributed by atoms with Crippen molar-refractivity contribution in [2.45, 2.75) is 53.9 Å². The predicted octanol–water partition coefficient (Wildman–Crippen LogP) is 4.97. The standard InChI is InChI=1S/C16H26/c1-11-6-8-13-12(2)7-9-15(14(13)10-11)16(3,4)5/h6-7,13-15H,8-10H2,1-5H3. The second-order valence-corrected chi connectivity index (χ2v) is 6.92. The Morgan fingerprint density at radius 1 is 1.06 bits per heavy atom. The summed E-state index contributed by atoms with van der Waals surface area (Å²) in [4.78, 5) is 0. The fraction of sp³-hybridized carbons (Fsp3) is 0.750. The van der Waals surface area contributed by atoms with E-state index < -0.39 is 0 Å². The average Bonchev–Trinajstić information content (AvgIpc) is 2.15. The van der Waals surface area contributed by atoms with Crippen molar-refractivity contribution >= 4 is 0 Å². The lowest BCUT2D eigenvalue weighted by molar-refractivity contribution is 0.108. The lowest BCUT2D eigenvalue weighted by Crippen LogP contribution is -2.37. The largest absolute Gasteiger partial charge is 0.0850 e. The minimum Gasteiger partial charge on any atom is -0.0850 e. The van der Waals surface area contributed by atoms with Crippen molar-refractivity contribution in [2.24, 2.45) is 23.2 Å². The van der Waals surface area contributed by atoms with Crippen LogP contribution in [0.25, 0.3) is 0 Å². The van der Waals surface area contributed by atoms with Crippen molar-refractivity contribution in [2.75, 3.05) is 0 Å². The lowest BCUT2D eigenvalue weighted by atomic mass is 9.59. The Kier molecular flexibility index (Phi) is 3.03. The van der Waals surface area contributed by atoms with Crippen LogP contribution in [-0.4, -0.2) is 0 Å². The summed E-state index contributed by atoms with van der Waals surface area (Å²) in [6, 6.07) is 0. The maximum atomic E-state index is 2.51. The van der Waals surface area contributed by atoms with Crippen molar-refractivity contribution in [1.29, 1.82) is 0 Å². The van der Waals surface area contributed by atoms with Gasteiger partial charge in [0.1, 0.15) is 0 Å². The summed E-state index contributed by atoms with van der Waals surface area (Å²) in [5.74, 6) is 2.60. The summed E-state index contributed by atoms with van der Waals surface area (Å²) in [6.07, 6.45) is 8.88. The zero-order valence-corrected chi connectivity index (χ0v) is 11.5. The van der Waals surface area contributed by atoms with Gasteiger partial charge < -0.3 is 0 Å². The first-order chi connectivity index (χ1) is 7.39. The van der Waals surface area contributed by atoms with Crippen molar-refractivity contribution in [3.8, 4) is 0 Å². The third kappa shape index (κ3) is 2.12. The third-order valence-electron chi connectivity index (χ3n) is 4.70. The van der Waals surface area contributed by atoms with E-state index in [9.17, 15) is 0 Å². The zero-order chi connectivity index (χ0) is 11.9. The molecule has 0 bridgehead atoms. The van der Waals surface area contributed by atoms with Gasteiger partial charge in [0.2, 0.25) is 0 Å². The van der Waals surface area contributed by atoms with Gasteiger partial charge in [0.05, 0.1) is 0 Å². The van der Waals surface area contributed by atoms with Gasteiger partial charge in [-0.05, 0) is 56.3 Å². The van der Waals surface area contributed by atoms with Crippen LogP contribution in [0.5, 0.6) is 0 Å². The first-order valence-electron chi connectivity index (χ1n) is 6.72. The summed E-state index contributed by atoms with van der Waals surface area (Å²) < 4.78 is 0. The Morgan fingerprint density at radius 3 is 2.38 bits per heavy atom. The van der Waals surface area contributed by atoms with Gasteiger partial charge in [-0.25, -0.2) is 0 Å². The van der Waals surface area contributed by atoms with Crippen molar-refractivity contribution < 1.29 is 0 Å². The molecule has 90 valence electrons. The molecule has 0 amide bonds. The van der Waals surface area contributed by atoms with E-state index in [0.717, 1.165) is 17.8 Å². The molecule has 0 aromatic heterocycles. The molecule has 2 rings (SSSR count). The van der Waals surface area contributed by atoms with Crippen molar-refractivity contribution in [3.63, 3.8) is 0 Å². The van der Waals surface area contributed by atoms with E-state index in [1.54, 1.807) is 11.1 Å². The van der Waals surface area contributed by atoms with E-state index in [1.165, 1.54) is 19.3 Å². The van der Waals surface area contributed by atoms with Gasteiger partial charge in [0.25, 0.3) is 0 Å². The number of hydrogen-bond donors (Lipinski definition) is 0. The van der Waals surface area contributed by atoms with Crippen LogP contribution in [0.15, 0.2) is 23.3 Å². The van der Waals surface area contributed by atoms with Crippen LogP contribution in [0, 0.1) is 23.2 Å². The topological polar surface area (TPSA) is 0 Å². The van der Waals surface area contributed by atoms with Gasteiger partial charge in [-0.15, -0.1) is 0 Å². The molecule has 0 aromatic carbocycles. The minimum absolute atomic E-state index is 0.456. The van der Waals surface area contributed by atoms with Crippen LogP contribution in [-0.2, 0) is 0 Å². The zero-order valence-electron chi connectivity index (χ0n) is 11.5. The molecule has 0 heterocycles. The van der Waals surface area contributed by atoms with Crippen LogP contribution < -0.4 is 0 Å². The molecule has 0 saturated carbocycles. The normalized spacial score (nSPS) is 35.2. The number of allylic oxidation sites excluding steroid dienone is 4. The Morgan fingerprint density at radius 2 is 1.75 bits per heavy atom. The highest BCUT2D eigenvalue weighted by molar-refractivity contribution is 5.20. The maximum Gasteiger partial charge on any atom is -0.0137 e. The number of rotatable bonds is 0. The van der Waals surface area contributed by atoms with Gasteiger partial charge in [-0.2, -0.15) is 0 Å². The molecule has 2 aliphatic rings. The molecule has 0 saturated heterocycles. The highest BCUT2D eigenvalue weighted by Crippen LogP contribution is 2.49. The van der Waals surface area contributed by atoms with Crippen LogP contribution in [0.4, 0.5) is 0 Å². The highest BCUT2D eigenvalue weighted by Gasteiger charge is 2.39. The summed E-state index contributed by atoms with van der Waals surface area (Å²) in [6.45, 7) is 11.9. The fourth-order valence-corrected chi connectivity index (χ4v) is 3.68. The molecule has 2 aliphatic carbocycles. The van der Waals surface area contributed by atoms with E-state index >= 15 is 0 Å². The van der Waals surface area contributed by atoms with E-state index in [1.807, 2.05) is 0 Å². The minimum atomic E-state index is 0.456. The van der Waals surface area contributed by atoms with Crippen LogP contribution in [0.2, 0.25) is 0 Å². The fourth-order valence-electron chi connectivity index (χ4n) is 3.68. The molecular weight excluding hydrogens is 192 g/mol. The Bertz CT molecular complexity index is 324. The average molecular weight is 218 g/mol. The predicted molar refractivity (Wildman–Crippen MR) is 71.3 cm³/mol. The molecule has 0 heteroatoms. The van der Waals surface area contributed by atoms with Gasteiger partial charge in [-0.3, -0.25) is 0 Å². The molecule has 0 radical (unpaired) electrons. The third-order valence-corrected chi connectivity index (χ3v) is 4.70. The summed E-state index contributed by atoms with van der Waals surface area (Å²) in [5.41, 5.74) is 3.72. The van der Waals surface area contributed by atoms with E-state index in [0.29, 0.717) is 5.41 Å². The summed E-state index contributed by atoms with van der Waals surface area (Å²) in [7, 11) is 0. The quantitative estimate of drug-likeness (QED) is 0.503. The summed E-state index contributed by atoms with van der Waals surface area (Å²) in [5, 5.41) is 0. The molecule has 3 unspecified atom stereocenters. The molecule has 3 atom stereocenters. The molecule has 0 aromatic rings. The second-order valence-electron chi connectivity index (χ2n) is 6.92.